The molecule has 2 aromatic carbocycles. The quantitative estimate of drug-likeness (QED) is 0.191. The Morgan fingerprint density at radius 3 is 2.21 bits per heavy atom. The fourth-order valence-corrected chi connectivity index (χ4v) is 4.17. The summed E-state index contributed by atoms with van der Waals surface area (Å²) in [6.07, 6.45) is 0.420. The predicted molar refractivity (Wildman–Crippen MR) is 145 cm³/mol. The van der Waals surface area contributed by atoms with Crippen molar-refractivity contribution >= 4 is 41.7 Å². The molecule has 1 aliphatic heterocycles. The first-order valence-corrected chi connectivity index (χ1v) is 11.7. The second-order valence-electron chi connectivity index (χ2n) is 8.49. The largest absolute Gasteiger partial charge is 0.468 e. The van der Waals surface area contributed by atoms with Gasteiger partial charge in [0.25, 0.3) is 5.69 Å². The number of rotatable bonds is 10. The van der Waals surface area contributed by atoms with Crippen molar-refractivity contribution in [1.29, 1.82) is 0 Å². The Bertz CT molecular complexity index is 1300. The Balaban J connectivity index is 0.00000533. The number of halogens is 1. The minimum absolute atomic E-state index is 0. The Labute approximate surface area is 231 Å². The average Bonchev–Trinajstić information content (AvgIpc) is 2.91. The third kappa shape index (κ3) is 7.57. The molecular formula is C27H30ClN3O8. The molecule has 39 heavy (non-hydrogen) atoms. The van der Waals surface area contributed by atoms with Crippen molar-refractivity contribution in [2.45, 2.75) is 26.2 Å². The van der Waals surface area contributed by atoms with Crippen molar-refractivity contribution in [2.75, 3.05) is 32.7 Å². The van der Waals surface area contributed by atoms with Crippen LogP contribution in [-0.4, -0.2) is 50.2 Å². The van der Waals surface area contributed by atoms with Crippen LogP contribution in [-0.2, 0) is 35.0 Å². The summed E-state index contributed by atoms with van der Waals surface area (Å²) in [6, 6.07) is 13.1. The van der Waals surface area contributed by atoms with E-state index >= 15 is 0 Å². The first-order valence-electron chi connectivity index (χ1n) is 11.7. The monoisotopic (exact) mass is 559 g/mol. The first-order chi connectivity index (χ1) is 18.2. The molecule has 208 valence electrons. The van der Waals surface area contributed by atoms with Crippen LogP contribution >= 0.6 is 12.4 Å². The topological polar surface area (TPSA) is 146 Å². The summed E-state index contributed by atoms with van der Waals surface area (Å²) in [5.74, 6) is -2.62. The van der Waals surface area contributed by atoms with E-state index in [1.165, 1.54) is 32.4 Å². The maximum atomic E-state index is 13.3. The number of hydrogen-bond donors (Lipinski definition) is 2. The van der Waals surface area contributed by atoms with E-state index in [2.05, 4.69) is 15.4 Å². The normalized spacial score (nSPS) is 14.5. The molecule has 12 heteroatoms. The summed E-state index contributed by atoms with van der Waals surface area (Å²) in [4.78, 5) is 48.2. The molecule has 3 rings (SSSR count). The third-order valence-corrected chi connectivity index (χ3v) is 6.04. The zero-order chi connectivity index (χ0) is 27.8. The number of nitrogens with zero attached hydrogens (tertiary/aromatic N) is 1. The van der Waals surface area contributed by atoms with Gasteiger partial charge in [-0.2, -0.15) is 0 Å². The molecule has 11 nitrogen and oxygen atoms in total. The van der Waals surface area contributed by atoms with E-state index in [-0.39, 0.29) is 48.4 Å². The Hall–Kier alpha value is -4.38. The van der Waals surface area contributed by atoms with Gasteiger partial charge in [-0.3, -0.25) is 14.9 Å². The van der Waals surface area contributed by atoms with Crippen molar-refractivity contribution in [3.63, 3.8) is 0 Å². The van der Waals surface area contributed by atoms with Gasteiger partial charge in [0, 0.05) is 35.6 Å². The molecule has 1 atom stereocenters. The molecule has 0 aromatic heterocycles. The standard InChI is InChI=1S/C27H29N3O8.ClH/c1-16-23(26(32)37-4)25(19-6-5-7-21(14-19)30(34)35)24(17(2)29-16)27(33)38-13-12-18-8-10-20(11-9-18)28-15-22(31)36-3;/h5-11,14,25,28-29H,12-13,15H2,1-4H3;1H. The Kier molecular flexibility index (Phi) is 11.0. The molecule has 0 fully saturated rings. The fraction of sp³-hybridized carbons (Fsp3) is 0.296. The molecular weight excluding hydrogens is 530 g/mol. The lowest BCUT2D eigenvalue weighted by Crippen LogP contribution is -2.32. The number of dihydropyridines is 1. The first kappa shape index (κ1) is 30.8. The van der Waals surface area contributed by atoms with E-state index in [4.69, 9.17) is 9.47 Å². The number of non-ortho nitro benzene ring substituents is 1. The van der Waals surface area contributed by atoms with Crippen LogP contribution in [0, 0.1) is 10.1 Å². The highest BCUT2D eigenvalue weighted by Crippen LogP contribution is 2.40. The molecule has 0 radical (unpaired) electrons. The van der Waals surface area contributed by atoms with Gasteiger partial charge < -0.3 is 24.8 Å². The maximum absolute atomic E-state index is 13.3. The highest BCUT2D eigenvalue weighted by atomic mass is 35.5. The molecule has 0 saturated heterocycles. The average molecular weight is 560 g/mol. The Morgan fingerprint density at radius 2 is 1.62 bits per heavy atom. The molecule has 0 bridgehead atoms. The zero-order valence-corrected chi connectivity index (χ0v) is 22.8. The number of anilines is 1. The Morgan fingerprint density at radius 1 is 0.974 bits per heavy atom. The van der Waals surface area contributed by atoms with Gasteiger partial charge in [-0.25, -0.2) is 9.59 Å². The summed E-state index contributed by atoms with van der Waals surface area (Å²) in [5, 5.41) is 17.4. The summed E-state index contributed by atoms with van der Waals surface area (Å²) in [6.45, 7) is 3.45. The lowest BCUT2D eigenvalue weighted by Gasteiger charge is -2.30. The van der Waals surface area contributed by atoms with E-state index in [1.54, 1.807) is 32.0 Å². The van der Waals surface area contributed by atoms with Crippen LogP contribution < -0.4 is 10.6 Å². The van der Waals surface area contributed by atoms with Crippen LogP contribution in [0.1, 0.15) is 30.9 Å². The van der Waals surface area contributed by atoms with Gasteiger partial charge in [0.05, 0.1) is 42.8 Å². The summed E-state index contributed by atoms with van der Waals surface area (Å²) >= 11 is 0. The van der Waals surface area contributed by atoms with Crippen molar-refractivity contribution in [2.24, 2.45) is 0 Å². The van der Waals surface area contributed by atoms with E-state index in [0.717, 1.165) is 11.3 Å². The van der Waals surface area contributed by atoms with E-state index in [0.29, 0.717) is 23.4 Å². The second-order valence-corrected chi connectivity index (χ2v) is 8.49. The number of carbonyl (C=O) groups excluding carboxylic acids is 3. The molecule has 0 amide bonds. The van der Waals surface area contributed by atoms with Crippen LogP contribution in [0.4, 0.5) is 11.4 Å². The lowest BCUT2D eigenvalue weighted by atomic mass is 9.80. The fourth-order valence-electron chi connectivity index (χ4n) is 4.17. The molecule has 1 unspecified atom stereocenters. The number of ether oxygens (including phenoxy) is 3. The predicted octanol–water partition coefficient (Wildman–Crippen LogP) is 3.80. The number of methoxy groups -OCH3 is 2. The second kappa shape index (κ2) is 14.0. The minimum atomic E-state index is -0.920. The van der Waals surface area contributed by atoms with Gasteiger partial charge in [-0.05, 0) is 37.1 Å². The van der Waals surface area contributed by atoms with Crippen molar-refractivity contribution < 1.29 is 33.5 Å². The van der Waals surface area contributed by atoms with Crippen molar-refractivity contribution in [3.8, 4) is 0 Å². The smallest absolute Gasteiger partial charge is 0.336 e. The number of nitro groups is 1. The number of nitro benzene ring substituents is 1. The van der Waals surface area contributed by atoms with Gasteiger partial charge >= 0.3 is 17.9 Å². The molecule has 0 saturated carbocycles. The number of nitrogens with one attached hydrogen (secondary N) is 2. The number of benzene rings is 2. The minimum Gasteiger partial charge on any atom is -0.468 e. The maximum Gasteiger partial charge on any atom is 0.336 e. The lowest BCUT2D eigenvalue weighted by molar-refractivity contribution is -0.384. The van der Waals surface area contributed by atoms with Gasteiger partial charge in [0.15, 0.2) is 0 Å². The van der Waals surface area contributed by atoms with Crippen LogP contribution in [0.15, 0.2) is 71.1 Å². The van der Waals surface area contributed by atoms with E-state index in [1.807, 2.05) is 12.1 Å². The van der Waals surface area contributed by atoms with Crippen molar-refractivity contribution in [3.05, 3.63) is 92.3 Å². The zero-order valence-electron chi connectivity index (χ0n) is 21.9. The van der Waals surface area contributed by atoms with Crippen LogP contribution in [0.25, 0.3) is 0 Å². The van der Waals surface area contributed by atoms with Crippen LogP contribution in [0.2, 0.25) is 0 Å². The molecule has 0 aliphatic carbocycles. The van der Waals surface area contributed by atoms with E-state index < -0.39 is 22.8 Å². The molecule has 2 N–H and O–H groups in total. The summed E-state index contributed by atoms with van der Waals surface area (Å²) in [7, 11) is 2.54. The van der Waals surface area contributed by atoms with Gasteiger partial charge in [0.2, 0.25) is 0 Å². The van der Waals surface area contributed by atoms with Gasteiger partial charge in [-0.1, -0.05) is 24.3 Å². The molecule has 1 heterocycles. The highest BCUT2D eigenvalue weighted by Gasteiger charge is 2.38. The molecule has 2 aromatic rings. The van der Waals surface area contributed by atoms with Crippen LogP contribution in [0.5, 0.6) is 0 Å². The van der Waals surface area contributed by atoms with Crippen LogP contribution in [0.3, 0.4) is 0 Å². The van der Waals surface area contributed by atoms with E-state index in [9.17, 15) is 24.5 Å². The van der Waals surface area contributed by atoms with Gasteiger partial charge in [0.1, 0.15) is 6.54 Å². The number of hydrogen-bond acceptors (Lipinski definition) is 10. The summed E-state index contributed by atoms with van der Waals surface area (Å²) < 4.78 is 15.1. The summed E-state index contributed by atoms with van der Waals surface area (Å²) in [5.41, 5.74) is 3.14. The molecule has 0 spiro atoms. The van der Waals surface area contributed by atoms with Gasteiger partial charge in [-0.15, -0.1) is 12.4 Å². The SMILES string of the molecule is COC(=O)CNc1ccc(CCOC(=O)C2=C(C)NC(C)=C(C(=O)OC)C2c2cccc([N+](=O)[O-])c2)cc1.Cl. The number of carbonyl (C=O) groups is 3. The molecule has 1 aliphatic rings. The highest BCUT2D eigenvalue weighted by molar-refractivity contribution is 5.99. The third-order valence-electron chi connectivity index (χ3n) is 6.04. The number of esters is 3. The number of allylic oxidation sites excluding steroid dienone is 2. The van der Waals surface area contributed by atoms with Crippen molar-refractivity contribution in [1.82, 2.24) is 5.32 Å².